The Bertz CT molecular complexity index is 1050. The van der Waals surface area contributed by atoms with Crippen LogP contribution in [0, 0.1) is 10.1 Å². The van der Waals surface area contributed by atoms with Crippen molar-refractivity contribution >= 4 is 39.7 Å². The zero-order valence-electron chi connectivity index (χ0n) is 13.8. The Hall–Kier alpha value is -3.25. The lowest BCUT2D eigenvalue weighted by Crippen LogP contribution is -2.19. The molecule has 130 valence electrons. The van der Waals surface area contributed by atoms with Gasteiger partial charge in [-0.3, -0.25) is 14.9 Å². The molecule has 0 aliphatic rings. The van der Waals surface area contributed by atoms with Gasteiger partial charge in [0.25, 0.3) is 11.6 Å². The lowest BCUT2D eigenvalue weighted by Gasteiger charge is -2.05. The van der Waals surface area contributed by atoms with Crippen LogP contribution < -0.4 is 5.43 Å². The lowest BCUT2D eigenvalue weighted by molar-refractivity contribution is -0.384. The molecule has 0 aliphatic carbocycles. The Kier molecular flexibility index (Phi) is 4.95. The number of carbonyl (C=O) groups is 1. The molecule has 0 fully saturated rings. The van der Waals surface area contributed by atoms with Gasteiger partial charge in [-0.05, 0) is 41.5 Å². The molecule has 0 bridgehead atoms. The van der Waals surface area contributed by atoms with E-state index in [4.69, 9.17) is 11.6 Å². The van der Waals surface area contributed by atoms with Gasteiger partial charge in [0.1, 0.15) is 5.02 Å². The van der Waals surface area contributed by atoms with E-state index in [1.807, 2.05) is 42.5 Å². The van der Waals surface area contributed by atoms with Crippen molar-refractivity contribution in [2.75, 3.05) is 0 Å². The molecule has 6 nitrogen and oxygen atoms in total. The first-order valence-corrected chi connectivity index (χ1v) is 8.11. The van der Waals surface area contributed by atoms with Crippen LogP contribution in [0.4, 0.5) is 5.69 Å². The Morgan fingerprint density at radius 1 is 1.04 bits per heavy atom. The largest absolute Gasteiger partial charge is 0.288 e. The Balaban J connectivity index is 1.80. The molecule has 3 rings (SSSR count). The van der Waals surface area contributed by atoms with Crippen molar-refractivity contribution in [3.63, 3.8) is 0 Å². The molecule has 0 heterocycles. The van der Waals surface area contributed by atoms with Crippen LogP contribution in [0.2, 0.25) is 5.02 Å². The second kappa shape index (κ2) is 7.33. The number of nitro groups is 1. The first-order chi connectivity index (χ1) is 12.5. The zero-order chi connectivity index (χ0) is 18.7. The molecule has 0 spiro atoms. The van der Waals surface area contributed by atoms with E-state index in [0.717, 1.165) is 22.4 Å². The molecule has 1 amide bonds. The molecule has 7 heteroatoms. The normalized spacial score (nSPS) is 11.4. The van der Waals surface area contributed by atoms with Gasteiger partial charge in [0.15, 0.2) is 0 Å². The summed E-state index contributed by atoms with van der Waals surface area (Å²) >= 11 is 5.75. The van der Waals surface area contributed by atoms with E-state index in [9.17, 15) is 14.9 Å². The summed E-state index contributed by atoms with van der Waals surface area (Å²) in [4.78, 5) is 22.5. The van der Waals surface area contributed by atoms with Crippen molar-refractivity contribution in [3.8, 4) is 0 Å². The van der Waals surface area contributed by atoms with Gasteiger partial charge in [0, 0.05) is 11.6 Å². The van der Waals surface area contributed by atoms with Gasteiger partial charge in [-0.1, -0.05) is 48.0 Å². The summed E-state index contributed by atoms with van der Waals surface area (Å²) in [6.45, 7) is 1.77. The first-order valence-electron chi connectivity index (χ1n) is 7.73. The zero-order valence-corrected chi connectivity index (χ0v) is 14.5. The SMILES string of the molecule is C/C(=N\NC(=O)c1ccc(Cl)c([N+](=O)[O-])c1)c1ccc2ccccc2c1. The van der Waals surface area contributed by atoms with Crippen LogP contribution in [-0.2, 0) is 0 Å². The van der Waals surface area contributed by atoms with Crippen LogP contribution in [0.3, 0.4) is 0 Å². The van der Waals surface area contributed by atoms with Crippen LogP contribution in [0.5, 0.6) is 0 Å². The average Bonchev–Trinajstić information content (AvgIpc) is 2.65. The number of nitro benzene ring substituents is 1. The van der Waals surface area contributed by atoms with Crippen molar-refractivity contribution in [2.45, 2.75) is 6.92 Å². The minimum absolute atomic E-state index is 0.0256. The quantitative estimate of drug-likeness (QED) is 0.417. The van der Waals surface area contributed by atoms with Crippen molar-refractivity contribution in [1.82, 2.24) is 5.43 Å². The Morgan fingerprint density at radius 2 is 1.73 bits per heavy atom. The third-order valence-corrected chi connectivity index (χ3v) is 4.22. The third-order valence-electron chi connectivity index (χ3n) is 3.90. The monoisotopic (exact) mass is 367 g/mol. The molecular formula is C19H14ClN3O3. The summed E-state index contributed by atoms with van der Waals surface area (Å²) in [6, 6.07) is 17.7. The average molecular weight is 368 g/mol. The van der Waals surface area contributed by atoms with Crippen LogP contribution in [0.15, 0.2) is 65.8 Å². The maximum atomic E-state index is 12.2. The fourth-order valence-corrected chi connectivity index (χ4v) is 2.66. The minimum Gasteiger partial charge on any atom is -0.267 e. The second-order valence-electron chi connectivity index (χ2n) is 5.62. The van der Waals surface area contributed by atoms with Crippen molar-refractivity contribution in [1.29, 1.82) is 0 Å². The van der Waals surface area contributed by atoms with Gasteiger partial charge >= 0.3 is 0 Å². The number of hydrogen-bond acceptors (Lipinski definition) is 4. The highest BCUT2D eigenvalue weighted by Crippen LogP contribution is 2.25. The van der Waals surface area contributed by atoms with Gasteiger partial charge in [-0.2, -0.15) is 5.10 Å². The van der Waals surface area contributed by atoms with Gasteiger partial charge in [0.05, 0.1) is 10.6 Å². The smallest absolute Gasteiger partial charge is 0.267 e. The van der Waals surface area contributed by atoms with Crippen molar-refractivity contribution < 1.29 is 9.72 Å². The van der Waals surface area contributed by atoms with E-state index >= 15 is 0 Å². The standard InChI is InChI=1S/C19H14ClN3O3/c1-12(14-7-6-13-4-2-3-5-15(13)10-14)21-22-19(24)16-8-9-17(20)18(11-16)23(25)26/h2-11H,1H3,(H,22,24)/b21-12+. The molecule has 0 aliphatic heterocycles. The number of halogens is 1. The highest BCUT2D eigenvalue weighted by atomic mass is 35.5. The molecule has 3 aromatic rings. The van der Waals surface area contributed by atoms with Crippen LogP contribution in [-0.4, -0.2) is 16.5 Å². The van der Waals surface area contributed by atoms with E-state index in [0.29, 0.717) is 5.71 Å². The lowest BCUT2D eigenvalue weighted by atomic mass is 10.0. The number of hydrogen-bond donors (Lipinski definition) is 1. The molecule has 0 unspecified atom stereocenters. The summed E-state index contributed by atoms with van der Waals surface area (Å²) < 4.78 is 0. The molecule has 1 N–H and O–H groups in total. The molecule has 0 atom stereocenters. The molecule has 0 saturated carbocycles. The fraction of sp³-hybridized carbons (Fsp3) is 0.0526. The Labute approximate surface area is 154 Å². The molecule has 0 saturated heterocycles. The van der Waals surface area contributed by atoms with Crippen LogP contribution >= 0.6 is 11.6 Å². The number of nitrogens with one attached hydrogen (secondary N) is 1. The summed E-state index contributed by atoms with van der Waals surface area (Å²) in [7, 11) is 0. The van der Waals surface area contributed by atoms with Crippen molar-refractivity contribution in [2.24, 2.45) is 5.10 Å². The molecular weight excluding hydrogens is 354 g/mol. The predicted molar refractivity (Wildman–Crippen MR) is 102 cm³/mol. The first kappa shape index (κ1) is 17.6. The van der Waals surface area contributed by atoms with Gasteiger partial charge in [0.2, 0.25) is 0 Å². The number of carbonyl (C=O) groups excluding carboxylic acids is 1. The highest BCUT2D eigenvalue weighted by Gasteiger charge is 2.16. The van der Waals surface area contributed by atoms with E-state index in [2.05, 4.69) is 10.5 Å². The fourth-order valence-electron chi connectivity index (χ4n) is 2.47. The molecule has 3 aromatic carbocycles. The molecule has 26 heavy (non-hydrogen) atoms. The number of amides is 1. The van der Waals surface area contributed by atoms with Crippen LogP contribution in [0.1, 0.15) is 22.8 Å². The van der Waals surface area contributed by atoms with Gasteiger partial charge in [-0.15, -0.1) is 0 Å². The van der Waals surface area contributed by atoms with E-state index in [1.54, 1.807) is 6.92 Å². The van der Waals surface area contributed by atoms with Crippen LogP contribution in [0.25, 0.3) is 10.8 Å². The summed E-state index contributed by atoms with van der Waals surface area (Å²) in [5, 5.41) is 17.2. The van der Waals surface area contributed by atoms with Gasteiger partial charge in [-0.25, -0.2) is 5.43 Å². The summed E-state index contributed by atoms with van der Waals surface area (Å²) in [5.74, 6) is -0.551. The number of fused-ring (bicyclic) bond motifs is 1. The van der Waals surface area contributed by atoms with E-state index in [-0.39, 0.29) is 16.3 Å². The van der Waals surface area contributed by atoms with E-state index < -0.39 is 10.8 Å². The number of benzene rings is 3. The minimum atomic E-state index is -0.636. The molecule has 0 radical (unpaired) electrons. The van der Waals surface area contributed by atoms with Crippen molar-refractivity contribution in [3.05, 3.63) is 86.9 Å². The third kappa shape index (κ3) is 3.70. The maximum absolute atomic E-state index is 12.2. The Morgan fingerprint density at radius 3 is 2.46 bits per heavy atom. The highest BCUT2D eigenvalue weighted by molar-refractivity contribution is 6.32. The number of hydrazone groups is 1. The molecule has 0 aromatic heterocycles. The van der Waals surface area contributed by atoms with Gasteiger partial charge < -0.3 is 0 Å². The predicted octanol–water partition coefficient (Wildman–Crippen LogP) is 4.56. The number of rotatable bonds is 4. The topological polar surface area (TPSA) is 84.6 Å². The second-order valence-corrected chi connectivity index (χ2v) is 6.03. The number of nitrogens with zero attached hydrogens (tertiary/aromatic N) is 2. The summed E-state index contributed by atoms with van der Waals surface area (Å²) in [5.41, 5.74) is 3.68. The maximum Gasteiger partial charge on any atom is 0.288 e. The van der Waals surface area contributed by atoms with E-state index in [1.165, 1.54) is 12.1 Å². The summed E-state index contributed by atoms with van der Waals surface area (Å²) in [6.07, 6.45) is 0.